The first-order chi connectivity index (χ1) is 13.1. The predicted molar refractivity (Wildman–Crippen MR) is 100 cm³/mol. The summed E-state index contributed by atoms with van der Waals surface area (Å²) in [6.07, 6.45) is 0. The molecule has 0 amide bonds. The van der Waals surface area contributed by atoms with Crippen LogP contribution in [-0.4, -0.2) is 33.6 Å². The first kappa shape index (κ1) is 19.9. The average molecular weight is 422 g/mol. The number of aromatic hydroxyl groups is 1. The number of phenols is 1. The van der Waals surface area contributed by atoms with Crippen LogP contribution < -0.4 is 0 Å². The van der Waals surface area contributed by atoms with Crippen LogP contribution in [0.5, 0.6) is 5.75 Å². The Labute approximate surface area is 160 Å². The lowest BCUT2D eigenvalue weighted by molar-refractivity contribution is 0.398. The SMILES string of the molecule is COS(=O)(=O)c1ccc2c(/N=N/c3ccc(S(=O)(=O)O)cc3)c(O)ccc2c1. The van der Waals surface area contributed by atoms with Crippen LogP contribution in [0, 0.1) is 0 Å². The average Bonchev–Trinajstić information content (AvgIpc) is 2.66. The van der Waals surface area contributed by atoms with E-state index in [0.29, 0.717) is 10.8 Å². The van der Waals surface area contributed by atoms with Crippen LogP contribution in [0.25, 0.3) is 10.8 Å². The Kier molecular flexibility index (Phi) is 5.17. The minimum Gasteiger partial charge on any atom is -0.506 e. The lowest BCUT2D eigenvalue weighted by atomic mass is 10.1. The van der Waals surface area contributed by atoms with Crippen molar-refractivity contribution in [3.05, 3.63) is 54.6 Å². The summed E-state index contributed by atoms with van der Waals surface area (Å²) in [5.74, 6) is -0.173. The Morgan fingerprint density at radius 1 is 0.857 bits per heavy atom. The van der Waals surface area contributed by atoms with Crippen molar-refractivity contribution >= 4 is 42.4 Å². The highest BCUT2D eigenvalue weighted by atomic mass is 32.2. The van der Waals surface area contributed by atoms with Gasteiger partial charge >= 0.3 is 0 Å². The largest absolute Gasteiger partial charge is 0.506 e. The third kappa shape index (κ3) is 4.02. The molecule has 0 saturated heterocycles. The second-order valence-electron chi connectivity index (χ2n) is 5.61. The minimum absolute atomic E-state index is 0.0446. The second kappa shape index (κ2) is 7.28. The highest BCUT2D eigenvalue weighted by Crippen LogP contribution is 2.37. The fraction of sp³-hybridized carbons (Fsp3) is 0.0588. The van der Waals surface area contributed by atoms with E-state index in [4.69, 9.17) is 4.55 Å². The molecular weight excluding hydrogens is 408 g/mol. The molecule has 3 aromatic rings. The third-order valence-corrected chi connectivity index (χ3v) is 5.99. The van der Waals surface area contributed by atoms with E-state index in [1.54, 1.807) is 0 Å². The van der Waals surface area contributed by atoms with Gasteiger partial charge in [0.1, 0.15) is 11.4 Å². The summed E-state index contributed by atoms with van der Waals surface area (Å²) < 4.78 is 59.2. The van der Waals surface area contributed by atoms with Gasteiger partial charge in [-0.2, -0.15) is 21.9 Å². The monoisotopic (exact) mass is 422 g/mol. The molecule has 0 atom stereocenters. The molecular formula is C17H14N2O7S2. The van der Waals surface area contributed by atoms with Gasteiger partial charge in [-0.1, -0.05) is 12.1 Å². The standard InChI is InChI=1S/C17H14N2O7S2/c1-26-28(24,25)14-7-8-15-11(10-14)2-9-16(20)17(15)19-18-12-3-5-13(6-4-12)27(21,22)23/h2-10,20H,1H3,(H,21,22,23)/b19-18+. The summed E-state index contributed by atoms with van der Waals surface area (Å²) in [7, 11) is -7.12. The molecule has 0 heterocycles. The Bertz CT molecular complexity index is 1280. The van der Waals surface area contributed by atoms with E-state index < -0.39 is 20.2 Å². The maximum Gasteiger partial charge on any atom is 0.296 e. The van der Waals surface area contributed by atoms with Gasteiger partial charge < -0.3 is 5.11 Å². The molecule has 0 spiro atoms. The third-order valence-electron chi connectivity index (χ3n) is 3.85. The quantitative estimate of drug-likeness (QED) is 0.364. The van der Waals surface area contributed by atoms with Gasteiger partial charge in [0.25, 0.3) is 20.2 Å². The van der Waals surface area contributed by atoms with Crippen LogP contribution in [0.2, 0.25) is 0 Å². The molecule has 0 fully saturated rings. The molecule has 0 bridgehead atoms. The van der Waals surface area contributed by atoms with E-state index in [0.717, 1.165) is 19.2 Å². The van der Waals surface area contributed by atoms with Gasteiger partial charge in [0.05, 0.1) is 22.6 Å². The lowest BCUT2D eigenvalue weighted by Crippen LogP contribution is -2.02. The molecule has 0 aliphatic rings. The van der Waals surface area contributed by atoms with Crippen LogP contribution in [-0.2, 0) is 24.4 Å². The molecule has 9 nitrogen and oxygen atoms in total. The fourth-order valence-corrected chi connectivity index (χ4v) is 3.61. The maximum absolute atomic E-state index is 11.8. The van der Waals surface area contributed by atoms with Crippen molar-refractivity contribution in [3.8, 4) is 5.75 Å². The van der Waals surface area contributed by atoms with E-state index in [1.165, 1.54) is 42.5 Å². The molecule has 0 radical (unpaired) electrons. The van der Waals surface area contributed by atoms with Gasteiger partial charge in [0, 0.05) is 5.39 Å². The first-order valence-corrected chi connectivity index (χ1v) is 10.5. The van der Waals surface area contributed by atoms with Crippen LogP contribution in [0.1, 0.15) is 0 Å². The number of nitrogens with zero attached hydrogens (tertiary/aromatic N) is 2. The molecule has 2 N–H and O–H groups in total. The van der Waals surface area contributed by atoms with Crippen LogP contribution in [0.4, 0.5) is 11.4 Å². The van der Waals surface area contributed by atoms with Crippen LogP contribution in [0.3, 0.4) is 0 Å². The van der Waals surface area contributed by atoms with Crippen molar-refractivity contribution in [1.29, 1.82) is 0 Å². The topological polar surface area (TPSA) is 143 Å². The van der Waals surface area contributed by atoms with Gasteiger partial charge in [-0.25, -0.2) is 0 Å². The van der Waals surface area contributed by atoms with Crippen LogP contribution in [0.15, 0.2) is 74.6 Å². The molecule has 146 valence electrons. The molecule has 28 heavy (non-hydrogen) atoms. The number of phenolic OH excluding ortho intramolecular Hbond substituents is 1. The maximum atomic E-state index is 11.8. The predicted octanol–water partition coefficient (Wildman–Crippen LogP) is 3.54. The number of hydrogen-bond acceptors (Lipinski definition) is 8. The van der Waals surface area contributed by atoms with Gasteiger partial charge in [0.2, 0.25) is 0 Å². The van der Waals surface area contributed by atoms with Gasteiger partial charge in [-0.3, -0.25) is 8.74 Å². The Hall–Kier alpha value is -2.86. The van der Waals surface area contributed by atoms with Crippen molar-refractivity contribution in [1.82, 2.24) is 0 Å². The summed E-state index contributed by atoms with van der Waals surface area (Å²) in [6, 6.07) is 12.0. The zero-order chi connectivity index (χ0) is 20.5. The smallest absolute Gasteiger partial charge is 0.296 e. The molecule has 0 aliphatic heterocycles. The highest BCUT2D eigenvalue weighted by molar-refractivity contribution is 7.86. The number of benzene rings is 3. The van der Waals surface area contributed by atoms with E-state index in [-0.39, 0.29) is 26.9 Å². The van der Waals surface area contributed by atoms with Crippen molar-refractivity contribution < 1.29 is 30.7 Å². The summed E-state index contributed by atoms with van der Waals surface area (Å²) in [4.78, 5) is -0.330. The second-order valence-corrected chi connectivity index (χ2v) is 8.74. The molecule has 0 unspecified atom stereocenters. The molecule has 3 rings (SSSR count). The Balaban J connectivity index is 2.03. The van der Waals surface area contributed by atoms with Crippen molar-refractivity contribution in [2.45, 2.75) is 9.79 Å². The summed E-state index contributed by atoms with van der Waals surface area (Å²) >= 11 is 0. The summed E-state index contributed by atoms with van der Waals surface area (Å²) in [6.45, 7) is 0. The molecule has 3 aromatic carbocycles. The van der Waals surface area contributed by atoms with Gasteiger partial charge in [-0.15, -0.1) is 5.11 Å². The van der Waals surface area contributed by atoms with Crippen molar-refractivity contribution in [3.63, 3.8) is 0 Å². The van der Waals surface area contributed by atoms with E-state index in [9.17, 15) is 21.9 Å². The van der Waals surface area contributed by atoms with Crippen LogP contribution >= 0.6 is 0 Å². The van der Waals surface area contributed by atoms with E-state index in [2.05, 4.69) is 14.4 Å². The Morgan fingerprint density at radius 2 is 1.50 bits per heavy atom. The fourth-order valence-electron chi connectivity index (χ4n) is 2.43. The van der Waals surface area contributed by atoms with E-state index in [1.807, 2.05) is 0 Å². The number of azo groups is 1. The zero-order valence-corrected chi connectivity index (χ0v) is 16.0. The lowest BCUT2D eigenvalue weighted by Gasteiger charge is -2.07. The van der Waals surface area contributed by atoms with Crippen molar-refractivity contribution in [2.75, 3.05) is 7.11 Å². The highest BCUT2D eigenvalue weighted by Gasteiger charge is 2.15. The molecule has 0 aromatic heterocycles. The van der Waals surface area contributed by atoms with Crippen molar-refractivity contribution in [2.24, 2.45) is 10.2 Å². The molecule has 0 saturated carbocycles. The summed E-state index contributed by atoms with van der Waals surface area (Å²) in [5.41, 5.74) is 0.389. The molecule has 0 aliphatic carbocycles. The molecule has 11 heteroatoms. The number of rotatable bonds is 5. The normalized spacial score (nSPS) is 12.6. The number of hydrogen-bond donors (Lipinski definition) is 2. The Morgan fingerprint density at radius 3 is 2.11 bits per heavy atom. The van der Waals surface area contributed by atoms with E-state index >= 15 is 0 Å². The number of fused-ring (bicyclic) bond motifs is 1. The summed E-state index contributed by atoms with van der Waals surface area (Å²) in [5, 5.41) is 19.0. The zero-order valence-electron chi connectivity index (χ0n) is 14.3. The minimum atomic E-state index is -4.31. The first-order valence-electron chi connectivity index (χ1n) is 7.67. The van der Waals surface area contributed by atoms with Gasteiger partial charge in [-0.05, 0) is 47.9 Å². The van der Waals surface area contributed by atoms with Gasteiger partial charge in [0.15, 0.2) is 0 Å².